The van der Waals surface area contributed by atoms with Gasteiger partial charge in [0.25, 0.3) is 5.91 Å². The second-order valence-electron chi connectivity index (χ2n) is 5.21. The molecule has 1 aliphatic heterocycles. The van der Waals surface area contributed by atoms with Gasteiger partial charge >= 0.3 is 0 Å². The van der Waals surface area contributed by atoms with E-state index in [-0.39, 0.29) is 17.9 Å². The van der Waals surface area contributed by atoms with Crippen molar-refractivity contribution >= 4 is 17.5 Å². The van der Waals surface area contributed by atoms with E-state index < -0.39 is 0 Å². The van der Waals surface area contributed by atoms with Gasteiger partial charge in [-0.1, -0.05) is 0 Å². The number of nitrogen functional groups attached to an aromatic ring is 1. The van der Waals surface area contributed by atoms with Crippen LogP contribution in [-0.2, 0) is 4.79 Å². The molecule has 0 atom stereocenters. The van der Waals surface area contributed by atoms with Crippen LogP contribution in [0, 0.1) is 0 Å². The van der Waals surface area contributed by atoms with Crippen molar-refractivity contribution in [1.82, 2.24) is 10.2 Å². The number of amides is 2. The van der Waals surface area contributed by atoms with Crippen LogP contribution in [0.5, 0.6) is 5.75 Å². The Hall–Kier alpha value is -2.24. The Morgan fingerprint density at radius 3 is 2.57 bits per heavy atom. The molecule has 6 nitrogen and oxygen atoms in total. The van der Waals surface area contributed by atoms with E-state index >= 15 is 0 Å². The van der Waals surface area contributed by atoms with Crippen molar-refractivity contribution in [3.8, 4) is 5.75 Å². The Labute approximate surface area is 124 Å². The standard InChI is InChI=1S/C15H21N3O3/c1-10(19)18-7-5-11(6-8-18)17-15(20)13-9-12(21-2)3-4-14(13)16/h3-4,9,11H,5-8,16H2,1-2H3,(H,17,20). The minimum atomic E-state index is -0.201. The fourth-order valence-electron chi connectivity index (χ4n) is 2.46. The Kier molecular flexibility index (Phi) is 4.67. The zero-order chi connectivity index (χ0) is 15.4. The number of rotatable bonds is 3. The molecule has 1 aromatic carbocycles. The molecule has 0 radical (unpaired) electrons. The highest BCUT2D eigenvalue weighted by atomic mass is 16.5. The van der Waals surface area contributed by atoms with Gasteiger partial charge in [-0.05, 0) is 31.0 Å². The molecule has 2 amide bonds. The Bertz CT molecular complexity index is 537. The topological polar surface area (TPSA) is 84.7 Å². The van der Waals surface area contributed by atoms with Crippen LogP contribution in [0.25, 0.3) is 0 Å². The lowest BCUT2D eigenvalue weighted by molar-refractivity contribution is -0.129. The number of likely N-dealkylation sites (tertiary alicyclic amines) is 1. The van der Waals surface area contributed by atoms with Crippen LogP contribution in [0.4, 0.5) is 5.69 Å². The van der Waals surface area contributed by atoms with E-state index in [1.165, 1.54) is 0 Å². The van der Waals surface area contributed by atoms with E-state index in [1.54, 1.807) is 37.1 Å². The number of nitrogens with one attached hydrogen (secondary N) is 1. The Morgan fingerprint density at radius 2 is 2.00 bits per heavy atom. The van der Waals surface area contributed by atoms with Gasteiger partial charge in [0.1, 0.15) is 5.75 Å². The summed E-state index contributed by atoms with van der Waals surface area (Å²) in [5.74, 6) is 0.477. The molecule has 6 heteroatoms. The number of piperidine rings is 1. The van der Waals surface area contributed by atoms with Gasteiger partial charge in [-0.2, -0.15) is 0 Å². The number of methoxy groups -OCH3 is 1. The third-order valence-electron chi connectivity index (χ3n) is 3.78. The van der Waals surface area contributed by atoms with Crippen molar-refractivity contribution in [3.05, 3.63) is 23.8 Å². The molecule has 114 valence electrons. The smallest absolute Gasteiger partial charge is 0.253 e. The minimum absolute atomic E-state index is 0.0682. The molecule has 1 aliphatic rings. The van der Waals surface area contributed by atoms with Gasteiger partial charge in [0.15, 0.2) is 0 Å². The van der Waals surface area contributed by atoms with Gasteiger partial charge in [0.05, 0.1) is 12.7 Å². The van der Waals surface area contributed by atoms with Crippen LogP contribution in [-0.4, -0.2) is 43.0 Å². The molecule has 1 fully saturated rings. The van der Waals surface area contributed by atoms with Crippen LogP contribution in [0.3, 0.4) is 0 Å². The second kappa shape index (κ2) is 6.47. The number of nitrogens with two attached hydrogens (primary N) is 1. The maximum absolute atomic E-state index is 12.3. The summed E-state index contributed by atoms with van der Waals surface area (Å²) >= 11 is 0. The lowest BCUT2D eigenvalue weighted by Gasteiger charge is -2.31. The SMILES string of the molecule is COc1ccc(N)c(C(=O)NC2CCN(C(C)=O)CC2)c1. The predicted octanol–water partition coefficient (Wildman–Crippen LogP) is 1.02. The van der Waals surface area contributed by atoms with E-state index in [0.29, 0.717) is 30.1 Å². The first-order valence-corrected chi connectivity index (χ1v) is 7.01. The predicted molar refractivity (Wildman–Crippen MR) is 80.1 cm³/mol. The second-order valence-corrected chi connectivity index (χ2v) is 5.21. The van der Waals surface area contributed by atoms with Crippen molar-refractivity contribution in [2.75, 3.05) is 25.9 Å². The molecule has 1 saturated heterocycles. The lowest BCUT2D eigenvalue weighted by atomic mass is 10.0. The number of nitrogens with zero attached hydrogens (tertiary/aromatic N) is 1. The molecule has 0 bridgehead atoms. The van der Waals surface area contributed by atoms with Crippen LogP contribution in [0.2, 0.25) is 0 Å². The third kappa shape index (κ3) is 3.65. The lowest BCUT2D eigenvalue weighted by Crippen LogP contribution is -2.46. The zero-order valence-corrected chi connectivity index (χ0v) is 12.4. The maximum atomic E-state index is 12.3. The van der Waals surface area contributed by atoms with Gasteiger partial charge < -0.3 is 20.7 Å². The highest BCUT2D eigenvalue weighted by Crippen LogP contribution is 2.20. The van der Waals surface area contributed by atoms with Gasteiger partial charge in [-0.3, -0.25) is 9.59 Å². The summed E-state index contributed by atoms with van der Waals surface area (Å²) in [6.45, 7) is 2.91. The van der Waals surface area contributed by atoms with Gasteiger partial charge in [-0.25, -0.2) is 0 Å². The molecule has 1 aromatic rings. The number of hydrogen-bond donors (Lipinski definition) is 2. The molecular weight excluding hydrogens is 270 g/mol. The summed E-state index contributed by atoms with van der Waals surface area (Å²) in [6.07, 6.45) is 1.52. The fourth-order valence-corrected chi connectivity index (χ4v) is 2.46. The fraction of sp³-hybridized carbons (Fsp3) is 0.467. The summed E-state index contributed by atoms with van der Waals surface area (Å²) in [4.78, 5) is 25.4. The normalized spacial score (nSPS) is 15.6. The van der Waals surface area contributed by atoms with Gasteiger partial charge in [0.2, 0.25) is 5.91 Å². The van der Waals surface area contributed by atoms with E-state index in [9.17, 15) is 9.59 Å². The highest BCUT2D eigenvalue weighted by Gasteiger charge is 2.23. The van der Waals surface area contributed by atoms with Crippen molar-refractivity contribution in [3.63, 3.8) is 0 Å². The average molecular weight is 291 g/mol. The quantitative estimate of drug-likeness (QED) is 0.814. The summed E-state index contributed by atoms with van der Waals surface area (Å²) in [7, 11) is 1.55. The molecule has 0 spiro atoms. The number of carbonyl (C=O) groups excluding carboxylic acids is 2. The largest absolute Gasteiger partial charge is 0.497 e. The molecule has 2 rings (SSSR count). The summed E-state index contributed by atoms with van der Waals surface area (Å²) in [5, 5.41) is 2.97. The van der Waals surface area contributed by atoms with E-state index in [2.05, 4.69) is 5.32 Å². The van der Waals surface area contributed by atoms with Gasteiger partial charge in [-0.15, -0.1) is 0 Å². The van der Waals surface area contributed by atoms with Crippen molar-refractivity contribution < 1.29 is 14.3 Å². The van der Waals surface area contributed by atoms with Crippen molar-refractivity contribution in [2.24, 2.45) is 0 Å². The van der Waals surface area contributed by atoms with Crippen molar-refractivity contribution in [2.45, 2.75) is 25.8 Å². The maximum Gasteiger partial charge on any atom is 0.253 e. The molecule has 0 saturated carbocycles. The minimum Gasteiger partial charge on any atom is -0.497 e. The molecule has 21 heavy (non-hydrogen) atoms. The summed E-state index contributed by atoms with van der Waals surface area (Å²) in [6, 6.07) is 5.08. The number of hydrogen-bond acceptors (Lipinski definition) is 4. The van der Waals surface area contributed by atoms with Gasteiger partial charge in [0, 0.05) is 31.7 Å². The van der Waals surface area contributed by atoms with Crippen LogP contribution >= 0.6 is 0 Å². The molecule has 1 heterocycles. The van der Waals surface area contributed by atoms with E-state index in [0.717, 1.165) is 12.8 Å². The average Bonchev–Trinajstić information content (AvgIpc) is 2.48. The van der Waals surface area contributed by atoms with E-state index in [1.807, 2.05) is 0 Å². The molecular formula is C15H21N3O3. The first-order chi connectivity index (χ1) is 10.0. The molecule has 3 N–H and O–H groups in total. The summed E-state index contributed by atoms with van der Waals surface area (Å²) < 4.78 is 5.11. The molecule has 0 unspecified atom stereocenters. The number of carbonyl (C=O) groups is 2. The summed E-state index contributed by atoms with van der Waals surface area (Å²) in [5.41, 5.74) is 6.69. The highest BCUT2D eigenvalue weighted by molar-refractivity contribution is 5.99. The van der Waals surface area contributed by atoms with Crippen LogP contribution in [0.15, 0.2) is 18.2 Å². The Morgan fingerprint density at radius 1 is 1.33 bits per heavy atom. The Balaban J connectivity index is 1.98. The zero-order valence-electron chi connectivity index (χ0n) is 12.4. The number of ether oxygens (including phenoxy) is 1. The first-order valence-electron chi connectivity index (χ1n) is 7.01. The van der Waals surface area contributed by atoms with Crippen LogP contribution < -0.4 is 15.8 Å². The number of benzene rings is 1. The monoisotopic (exact) mass is 291 g/mol. The molecule has 0 aromatic heterocycles. The first kappa shape index (κ1) is 15.2. The molecule has 0 aliphatic carbocycles. The number of anilines is 1. The van der Waals surface area contributed by atoms with Crippen LogP contribution in [0.1, 0.15) is 30.1 Å². The van der Waals surface area contributed by atoms with Crippen molar-refractivity contribution in [1.29, 1.82) is 0 Å². The third-order valence-corrected chi connectivity index (χ3v) is 3.78. The van der Waals surface area contributed by atoms with E-state index in [4.69, 9.17) is 10.5 Å².